The molecular formula is C10H9Cl2N3O. The largest absolute Gasteiger partial charge is 0.345 e. The van der Waals surface area contributed by atoms with Crippen molar-refractivity contribution >= 4 is 29.1 Å². The summed E-state index contributed by atoms with van der Waals surface area (Å²) in [4.78, 5) is 19.4. The summed E-state index contributed by atoms with van der Waals surface area (Å²) in [6.45, 7) is 0. The number of hydrogen-bond donors (Lipinski definition) is 1. The van der Waals surface area contributed by atoms with Crippen LogP contribution in [0.1, 0.15) is 29.8 Å². The van der Waals surface area contributed by atoms with Gasteiger partial charge in [-0.2, -0.15) is 0 Å². The molecule has 0 spiro atoms. The molecule has 1 heterocycles. The molecule has 6 heteroatoms. The van der Waals surface area contributed by atoms with E-state index < -0.39 is 0 Å². The minimum absolute atomic E-state index is 0.00440. The average molecular weight is 258 g/mol. The fourth-order valence-corrected chi connectivity index (χ4v) is 2.85. The lowest BCUT2D eigenvalue weighted by Crippen LogP contribution is -2.68. The van der Waals surface area contributed by atoms with Crippen LogP contribution in [0.4, 0.5) is 0 Å². The second kappa shape index (κ2) is 3.31. The van der Waals surface area contributed by atoms with Crippen molar-refractivity contribution in [2.45, 2.75) is 24.8 Å². The van der Waals surface area contributed by atoms with E-state index in [1.165, 1.54) is 6.07 Å². The Morgan fingerprint density at radius 3 is 2.56 bits per heavy atom. The summed E-state index contributed by atoms with van der Waals surface area (Å²) in [5.41, 5.74) is 0.265. The molecule has 0 radical (unpaired) electrons. The summed E-state index contributed by atoms with van der Waals surface area (Å²) in [7, 11) is 0. The first-order chi connectivity index (χ1) is 7.56. The van der Waals surface area contributed by atoms with E-state index in [1.54, 1.807) is 0 Å². The zero-order valence-corrected chi connectivity index (χ0v) is 9.85. The van der Waals surface area contributed by atoms with Gasteiger partial charge in [0.1, 0.15) is 10.8 Å². The van der Waals surface area contributed by atoms with Gasteiger partial charge in [-0.3, -0.25) is 4.79 Å². The second-order valence-corrected chi connectivity index (χ2v) is 5.28. The highest BCUT2D eigenvalue weighted by Gasteiger charge is 2.57. The number of nitrogens with zero attached hydrogens (tertiary/aromatic N) is 2. The summed E-state index contributed by atoms with van der Waals surface area (Å²) < 4.78 is 0. The van der Waals surface area contributed by atoms with Crippen LogP contribution in [0.25, 0.3) is 0 Å². The van der Waals surface area contributed by atoms with Gasteiger partial charge in [0.25, 0.3) is 5.91 Å². The summed E-state index contributed by atoms with van der Waals surface area (Å²) >= 11 is 11.3. The minimum atomic E-state index is -0.218. The Morgan fingerprint density at radius 2 is 2.06 bits per heavy atom. The van der Waals surface area contributed by atoms with Gasteiger partial charge in [-0.15, -0.1) is 0 Å². The Morgan fingerprint density at radius 1 is 1.38 bits per heavy atom. The van der Waals surface area contributed by atoms with E-state index in [0.717, 1.165) is 25.2 Å². The molecule has 3 saturated carbocycles. The van der Waals surface area contributed by atoms with Crippen LogP contribution in [-0.2, 0) is 0 Å². The number of nitrogens with one attached hydrogen (secondary N) is 1. The van der Waals surface area contributed by atoms with Crippen LogP contribution in [0.3, 0.4) is 0 Å². The predicted molar refractivity (Wildman–Crippen MR) is 59.6 cm³/mol. The molecule has 1 N–H and O–H groups in total. The lowest BCUT2D eigenvalue weighted by Gasteiger charge is -2.61. The Hall–Kier alpha value is -0.870. The van der Waals surface area contributed by atoms with Crippen LogP contribution in [0.15, 0.2) is 6.07 Å². The molecule has 3 aliphatic rings. The van der Waals surface area contributed by atoms with Gasteiger partial charge in [-0.25, -0.2) is 9.97 Å². The van der Waals surface area contributed by atoms with Crippen LogP contribution in [-0.4, -0.2) is 21.4 Å². The van der Waals surface area contributed by atoms with E-state index in [4.69, 9.17) is 23.2 Å². The molecule has 1 aromatic rings. The third kappa shape index (κ3) is 1.57. The maximum absolute atomic E-state index is 11.9. The van der Waals surface area contributed by atoms with Gasteiger partial charge in [-0.05, 0) is 36.8 Å². The van der Waals surface area contributed by atoms with E-state index in [1.807, 2.05) is 0 Å². The third-order valence-electron chi connectivity index (χ3n) is 3.32. The van der Waals surface area contributed by atoms with Crippen LogP contribution in [0, 0.1) is 5.92 Å². The molecule has 3 fully saturated rings. The first-order valence-corrected chi connectivity index (χ1v) is 5.85. The van der Waals surface area contributed by atoms with Crippen LogP contribution in [0.2, 0.25) is 10.4 Å². The smallest absolute Gasteiger partial charge is 0.270 e. The molecule has 2 bridgehead atoms. The zero-order chi connectivity index (χ0) is 11.3. The van der Waals surface area contributed by atoms with Crippen LogP contribution >= 0.6 is 23.2 Å². The Balaban J connectivity index is 1.77. The molecule has 4 rings (SSSR count). The van der Waals surface area contributed by atoms with Crippen molar-refractivity contribution in [3.05, 3.63) is 22.2 Å². The SMILES string of the molecule is O=C(NC12CC(C1)C2)c1cc(Cl)nc(Cl)n1. The monoisotopic (exact) mass is 257 g/mol. The third-order valence-corrected chi connectivity index (χ3v) is 3.68. The molecule has 0 aliphatic heterocycles. The topological polar surface area (TPSA) is 54.9 Å². The fraction of sp³-hybridized carbons (Fsp3) is 0.500. The summed E-state index contributed by atoms with van der Waals surface area (Å²) in [5, 5.41) is 3.16. The highest BCUT2D eigenvalue weighted by atomic mass is 35.5. The molecule has 0 saturated heterocycles. The van der Waals surface area contributed by atoms with Crippen molar-refractivity contribution in [1.82, 2.24) is 15.3 Å². The van der Waals surface area contributed by atoms with Gasteiger partial charge in [0, 0.05) is 11.6 Å². The Kier molecular flexibility index (Phi) is 2.13. The quantitative estimate of drug-likeness (QED) is 0.652. The summed E-state index contributed by atoms with van der Waals surface area (Å²) in [5.74, 6) is 0.599. The Labute approximate surface area is 102 Å². The van der Waals surface area contributed by atoms with Gasteiger partial charge in [0.15, 0.2) is 0 Å². The number of rotatable bonds is 2. The van der Waals surface area contributed by atoms with E-state index in [-0.39, 0.29) is 27.6 Å². The summed E-state index contributed by atoms with van der Waals surface area (Å²) in [6, 6.07) is 1.42. The molecule has 3 aliphatic carbocycles. The highest BCUT2D eigenvalue weighted by molar-refractivity contribution is 6.32. The average Bonchev–Trinajstić information content (AvgIpc) is 2.07. The minimum Gasteiger partial charge on any atom is -0.345 e. The van der Waals surface area contributed by atoms with E-state index in [2.05, 4.69) is 15.3 Å². The molecule has 1 amide bonds. The standard InChI is InChI=1S/C10H9Cl2N3O/c11-7-1-6(13-9(12)14-7)8(16)15-10-2-5(3-10)4-10/h1,5H,2-4H2,(H,15,16). The second-order valence-electron chi connectivity index (χ2n) is 4.56. The predicted octanol–water partition coefficient (Wildman–Crippen LogP) is 2.07. The van der Waals surface area contributed by atoms with E-state index >= 15 is 0 Å². The normalized spacial score (nSPS) is 30.2. The summed E-state index contributed by atoms with van der Waals surface area (Å²) in [6.07, 6.45) is 3.27. The number of amides is 1. The van der Waals surface area contributed by atoms with Crippen molar-refractivity contribution in [1.29, 1.82) is 0 Å². The van der Waals surface area contributed by atoms with Gasteiger partial charge in [0.05, 0.1) is 0 Å². The number of hydrogen-bond acceptors (Lipinski definition) is 3. The number of halogens is 2. The van der Waals surface area contributed by atoms with Gasteiger partial charge in [-0.1, -0.05) is 11.6 Å². The van der Waals surface area contributed by atoms with Gasteiger partial charge >= 0.3 is 0 Å². The van der Waals surface area contributed by atoms with Crippen LogP contribution < -0.4 is 5.32 Å². The fourth-order valence-electron chi connectivity index (χ4n) is 2.44. The van der Waals surface area contributed by atoms with Crippen molar-refractivity contribution in [2.24, 2.45) is 5.92 Å². The number of carbonyl (C=O) groups is 1. The first kappa shape index (κ1) is 10.3. The molecule has 0 unspecified atom stereocenters. The maximum Gasteiger partial charge on any atom is 0.270 e. The highest BCUT2D eigenvalue weighted by Crippen LogP contribution is 2.56. The number of carbonyl (C=O) groups excluding carboxylic acids is 1. The molecule has 0 aromatic carbocycles. The molecule has 4 nitrogen and oxygen atoms in total. The molecular weight excluding hydrogens is 249 g/mol. The molecule has 1 aromatic heterocycles. The molecule has 0 atom stereocenters. The maximum atomic E-state index is 11.9. The number of aromatic nitrogens is 2. The van der Waals surface area contributed by atoms with Crippen molar-refractivity contribution in [3.8, 4) is 0 Å². The van der Waals surface area contributed by atoms with Crippen molar-refractivity contribution in [3.63, 3.8) is 0 Å². The molecule has 84 valence electrons. The zero-order valence-electron chi connectivity index (χ0n) is 8.33. The first-order valence-electron chi connectivity index (χ1n) is 5.09. The van der Waals surface area contributed by atoms with Gasteiger partial charge < -0.3 is 5.32 Å². The lowest BCUT2D eigenvalue weighted by molar-refractivity contribution is -0.0439. The van der Waals surface area contributed by atoms with Gasteiger partial charge in [0.2, 0.25) is 5.28 Å². The lowest BCUT2D eigenvalue weighted by atomic mass is 9.50. The van der Waals surface area contributed by atoms with Crippen molar-refractivity contribution in [2.75, 3.05) is 0 Å². The van der Waals surface area contributed by atoms with Crippen LogP contribution in [0.5, 0.6) is 0 Å². The molecule has 16 heavy (non-hydrogen) atoms. The van der Waals surface area contributed by atoms with E-state index in [0.29, 0.717) is 0 Å². The Bertz CT molecular complexity index is 440. The van der Waals surface area contributed by atoms with E-state index in [9.17, 15) is 4.79 Å². The van der Waals surface area contributed by atoms with Crippen molar-refractivity contribution < 1.29 is 4.79 Å².